The summed E-state index contributed by atoms with van der Waals surface area (Å²) in [7, 11) is 0. The number of hydrogen-bond donors (Lipinski definition) is 6. The Morgan fingerprint density at radius 2 is 1.52 bits per heavy atom. The van der Waals surface area contributed by atoms with Crippen LogP contribution < -0.4 is 20.7 Å². The van der Waals surface area contributed by atoms with E-state index in [-0.39, 0.29) is 18.1 Å². The van der Waals surface area contributed by atoms with Crippen LogP contribution in [0.5, 0.6) is 5.75 Å². The average Bonchev–Trinajstić information content (AvgIpc) is 3.55. The Labute approximate surface area is 300 Å². The van der Waals surface area contributed by atoms with Crippen molar-refractivity contribution in [2.45, 2.75) is 29.4 Å². The van der Waals surface area contributed by atoms with Gasteiger partial charge in [-0.3, -0.25) is 14.4 Å². The maximum absolute atomic E-state index is 13.9. The first-order valence-corrected chi connectivity index (χ1v) is 17.3. The number of aromatic amines is 1. The van der Waals surface area contributed by atoms with Crippen LogP contribution in [0, 0.1) is 11.6 Å². The fourth-order valence-electron chi connectivity index (χ4n) is 6.10. The Hall–Kier alpha value is -5.73. The van der Waals surface area contributed by atoms with Gasteiger partial charge in [-0.15, -0.1) is 11.8 Å². The number of rotatable bonds is 15. The number of amides is 3. The molecule has 2 heterocycles. The highest BCUT2D eigenvalue weighted by Crippen LogP contribution is 2.46. The minimum absolute atomic E-state index is 0.0433. The Kier molecular flexibility index (Phi) is 10.9. The van der Waals surface area contributed by atoms with Crippen LogP contribution in [0.3, 0.4) is 0 Å². The number of para-hydroxylation sites is 1. The predicted molar refractivity (Wildman–Crippen MR) is 189 cm³/mol. The van der Waals surface area contributed by atoms with Gasteiger partial charge in [0.25, 0.3) is 5.91 Å². The van der Waals surface area contributed by atoms with Crippen molar-refractivity contribution < 1.29 is 42.9 Å². The number of carbonyl (C=O) groups is 4. The standard InChI is InChI=1S/C38H34F2N4O7S/c39-26-11-5-22(6-12-26)32(45)21-52-35-36(48)44-38(35,24-7-13-27(40)14-8-24)25-9-15-28(16-10-25)51-20-34(47)42-19-33(46)43-31(37(49)50)17-23-18-41-30-4-2-1-3-29(23)30/h1-16,18,31-32,35,41,45H,17,19-21H2,(H,42,47)(H,43,46)(H,44,48)(H,49,50)/t31-,32?,35+,38+/m1/s1. The number of H-pyrrole nitrogens is 1. The number of carboxylic acids is 1. The highest BCUT2D eigenvalue weighted by molar-refractivity contribution is 8.00. The summed E-state index contributed by atoms with van der Waals surface area (Å²) in [6, 6.07) is 24.0. The van der Waals surface area contributed by atoms with Crippen LogP contribution >= 0.6 is 11.8 Å². The highest BCUT2D eigenvalue weighted by Gasteiger charge is 2.56. The molecule has 1 saturated heterocycles. The maximum atomic E-state index is 13.9. The summed E-state index contributed by atoms with van der Waals surface area (Å²) in [5, 5.41) is 28.4. The minimum atomic E-state index is -1.22. The Morgan fingerprint density at radius 3 is 2.17 bits per heavy atom. The quantitative estimate of drug-likeness (QED) is 0.0881. The number of carboxylic acid groups (broad SMARTS) is 1. The first-order valence-electron chi connectivity index (χ1n) is 16.2. The number of halogens is 2. The third kappa shape index (κ3) is 7.92. The Bertz CT molecular complexity index is 2080. The molecule has 11 nitrogen and oxygen atoms in total. The number of thioether (sulfide) groups is 1. The number of carbonyl (C=O) groups excluding carboxylic acids is 3. The normalized spacial score (nSPS) is 17.8. The fraction of sp³-hybridized carbons (Fsp3) is 0.211. The first kappa shape index (κ1) is 36.1. The molecule has 14 heteroatoms. The third-order valence-electron chi connectivity index (χ3n) is 8.78. The van der Waals surface area contributed by atoms with Gasteiger partial charge in [0.05, 0.1) is 12.6 Å². The molecule has 1 fully saturated rings. The molecule has 0 aliphatic carbocycles. The van der Waals surface area contributed by atoms with Crippen LogP contribution in [-0.2, 0) is 31.1 Å². The van der Waals surface area contributed by atoms with Gasteiger partial charge < -0.3 is 35.9 Å². The summed E-state index contributed by atoms with van der Waals surface area (Å²) >= 11 is 1.21. The number of hydrogen-bond acceptors (Lipinski definition) is 7. The molecule has 3 amide bonds. The maximum Gasteiger partial charge on any atom is 0.326 e. The summed E-state index contributed by atoms with van der Waals surface area (Å²) in [4.78, 5) is 52.9. The Morgan fingerprint density at radius 1 is 0.885 bits per heavy atom. The number of aliphatic carboxylic acids is 1. The van der Waals surface area contributed by atoms with E-state index in [4.69, 9.17) is 4.74 Å². The molecule has 1 unspecified atom stereocenters. The van der Waals surface area contributed by atoms with Crippen LogP contribution in [0.1, 0.15) is 28.4 Å². The molecule has 1 aliphatic heterocycles. The van der Waals surface area contributed by atoms with E-state index in [0.29, 0.717) is 22.4 Å². The van der Waals surface area contributed by atoms with Crippen molar-refractivity contribution in [3.63, 3.8) is 0 Å². The Balaban J connectivity index is 1.05. The van der Waals surface area contributed by atoms with Crippen molar-refractivity contribution in [2.24, 2.45) is 0 Å². The second-order valence-corrected chi connectivity index (χ2v) is 13.3. The van der Waals surface area contributed by atoms with Crippen molar-refractivity contribution in [1.82, 2.24) is 20.9 Å². The van der Waals surface area contributed by atoms with Crippen molar-refractivity contribution in [1.29, 1.82) is 0 Å². The summed E-state index contributed by atoms with van der Waals surface area (Å²) in [6.07, 6.45) is 0.771. The number of aromatic nitrogens is 1. The monoisotopic (exact) mass is 728 g/mol. The molecule has 0 spiro atoms. The molecular weight excluding hydrogens is 695 g/mol. The van der Waals surface area contributed by atoms with Gasteiger partial charge in [0.2, 0.25) is 11.8 Å². The number of fused-ring (bicyclic) bond motifs is 1. The second-order valence-electron chi connectivity index (χ2n) is 12.2. The first-order chi connectivity index (χ1) is 25.0. The molecule has 6 rings (SSSR count). The topological polar surface area (TPSA) is 170 Å². The molecule has 268 valence electrons. The van der Waals surface area contributed by atoms with E-state index >= 15 is 0 Å². The number of β-lactam (4-membered cyclic amide) rings is 1. The van der Waals surface area contributed by atoms with E-state index < -0.39 is 65.5 Å². The second kappa shape index (κ2) is 15.7. The lowest BCUT2D eigenvalue weighted by Gasteiger charge is -2.50. The lowest BCUT2D eigenvalue weighted by molar-refractivity contribution is -0.141. The van der Waals surface area contributed by atoms with Gasteiger partial charge in [0, 0.05) is 29.3 Å². The van der Waals surface area contributed by atoms with E-state index in [0.717, 1.165) is 16.5 Å². The van der Waals surface area contributed by atoms with E-state index in [2.05, 4.69) is 20.9 Å². The van der Waals surface area contributed by atoms with E-state index in [1.165, 1.54) is 48.2 Å². The van der Waals surface area contributed by atoms with E-state index in [9.17, 15) is 38.2 Å². The number of aliphatic hydroxyl groups excluding tert-OH is 1. The highest BCUT2D eigenvalue weighted by atomic mass is 32.2. The van der Waals surface area contributed by atoms with Gasteiger partial charge in [-0.1, -0.05) is 54.6 Å². The molecule has 0 saturated carbocycles. The van der Waals surface area contributed by atoms with Crippen LogP contribution in [0.2, 0.25) is 0 Å². The molecule has 0 bridgehead atoms. The largest absolute Gasteiger partial charge is 0.484 e. The molecule has 4 aromatic carbocycles. The van der Waals surface area contributed by atoms with Gasteiger partial charge in [0.1, 0.15) is 34.2 Å². The smallest absolute Gasteiger partial charge is 0.326 e. The molecule has 4 atom stereocenters. The van der Waals surface area contributed by atoms with Crippen molar-refractivity contribution in [3.8, 4) is 5.75 Å². The van der Waals surface area contributed by atoms with Crippen molar-refractivity contribution >= 4 is 46.4 Å². The molecule has 5 aromatic rings. The van der Waals surface area contributed by atoms with Crippen LogP contribution in [0.25, 0.3) is 10.9 Å². The average molecular weight is 729 g/mol. The van der Waals surface area contributed by atoms with E-state index in [1.807, 2.05) is 24.3 Å². The zero-order chi connectivity index (χ0) is 36.8. The number of nitrogens with one attached hydrogen (secondary N) is 4. The zero-order valence-corrected chi connectivity index (χ0v) is 28.3. The van der Waals surface area contributed by atoms with Gasteiger partial charge in [-0.25, -0.2) is 13.6 Å². The summed E-state index contributed by atoms with van der Waals surface area (Å²) < 4.78 is 32.9. The van der Waals surface area contributed by atoms with E-state index in [1.54, 1.807) is 42.6 Å². The molecular formula is C38H34F2N4O7S. The van der Waals surface area contributed by atoms with Gasteiger partial charge in [0.15, 0.2) is 6.61 Å². The van der Waals surface area contributed by atoms with Gasteiger partial charge in [-0.2, -0.15) is 0 Å². The molecule has 0 radical (unpaired) electrons. The lowest BCUT2D eigenvalue weighted by Crippen LogP contribution is -2.69. The number of ether oxygens (including phenoxy) is 1. The molecule has 6 N–H and O–H groups in total. The van der Waals surface area contributed by atoms with Gasteiger partial charge in [-0.05, 0) is 64.7 Å². The summed E-state index contributed by atoms with van der Waals surface area (Å²) in [5.74, 6) is -3.25. The third-order valence-corrected chi connectivity index (χ3v) is 10.2. The van der Waals surface area contributed by atoms with Crippen LogP contribution in [0.4, 0.5) is 8.78 Å². The number of benzene rings is 4. The molecule has 52 heavy (non-hydrogen) atoms. The SMILES string of the molecule is O=C(COc1ccc([C@]2(c3ccc(F)cc3)NC(=O)[C@@H]2SCC(O)c2ccc(F)cc2)cc1)NCC(=O)N[C@H](Cc1c[nH]c2ccccc12)C(=O)O. The van der Waals surface area contributed by atoms with Crippen molar-refractivity contribution in [3.05, 3.63) is 137 Å². The van der Waals surface area contributed by atoms with Gasteiger partial charge >= 0.3 is 5.97 Å². The summed E-state index contributed by atoms with van der Waals surface area (Å²) in [6.45, 7) is -0.905. The fourth-order valence-corrected chi connectivity index (χ4v) is 7.46. The zero-order valence-electron chi connectivity index (χ0n) is 27.5. The van der Waals surface area contributed by atoms with Crippen LogP contribution in [-0.4, -0.2) is 69.1 Å². The molecule has 1 aliphatic rings. The van der Waals surface area contributed by atoms with Crippen LogP contribution in [0.15, 0.2) is 103 Å². The number of aliphatic hydroxyl groups is 1. The lowest BCUT2D eigenvalue weighted by atomic mass is 9.74. The van der Waals surface area contributed by atoms with Crippen molar-refractivity contribution in [2.75, 3.05) is 18.9 Å². The molecule has 1 aromatic heterocycles. The predicted octanol–water partition coefficient (Wildman–Crippen LogP) is 3.96. The minimum Gasteiger partial charge on any atom is -0.484 e. The summed E-state index contributed by atoms with van der Waals surface area (Å²) in [5.41, 5.74) is 2.24.